The number of likely N-dealkylation sites (tertiary alicyclic amines) is 1. The van der Waals surface area contributed by atoms with E-state index < -0.39 is 35.6 Å². The molecule has 2 aliphatic heterocycles. The number of benzene rings is 2. The largest absolute Gasteiger partial charge is 0.356 e. The van der Waals surface area contributed by atoms with Gasteiger partial charge >= 0.3 is 0 Å². The highest BCUT2D eigenvalue weighted by atomic mass is 16.2. The second-order valence-electron chi connectivity index (χ2n) is 11.7. The lowest BCUT2D eigenvalue weighted by Gasteiger charge is -2.27. The van der Waals surface area contributed by atoms with Gasteiger partial charge in [0, 0.05) is 36.5 Å². The first-order valence-electron chi connectivity index (χ1n) is 14.7. The molecule has 10 heteroatoms. The molecule has 0 spiro atoms. The predicted octanol–water partition coefficient (Wildman–Crippen LogP) is 2.51. The van der Waals surface area contributed by atoms with Gasteiger partial charge in [-0.1, -0.05) is 48.5 Å². The molecule has 1 aromatic heterocycles. The molecule has 2 saturated heterocycles. The van der Waals surface area contributed by atoms with Crippen LogP contribution in [0.3, 0.4) is 0 Å². The van der Waals surface area contributed by atoms with Crippen LogP contribution in [0.1, 0.15) is 48.2 Å². The summed E-state index contributed by atoms with van der Waals surface area (Å²) in [6.07, 6.45) is 2.57. The molecular weight excluding hydrogens is 534 g/mol. The molecule has 4 N–H and O–H groups in total. The molecule has 1 saturated carbocycles. The van der Waals surface area contributed by atoms with Crippen molar-refractivity contribution in [2.75, 3.05) is 13.1 Å². The second-order valence-corrected chi connectivity index (χ2v) is 11.7. The molecular formula is C32H35N5O5. The average molecular weight is 570 g/mol. The van der Waals surface area contributed by atoms with E-state index in [1.54, 1.807) is 4.90 Å². The van der Waals surface area contributed by atoms with E-state index in [1.165, 1.54) is 0 Å². The summed E-state index contributed by atoms with van der Waals surface area (Å²) in [5.74, 6) is -3.97. The lowest BCUT2D eigenvalue weighted by Crippen LogP contribution is -2.51. The number of carbonyl (C=O) groups excluding carboxylic acids is 5. The Hall–Kier alpha value is -4.47. The Kier molecular flexibility index (Phi) is 7.78. The number of aromatic nitrogens is 1. The molecule has 218 valence electrons. The third kappa shape index (κ3) is 5.93. The Morgan fingerprint density at radius 2 is 1.71 bits per heavy atom. The van der Waals surface area contributed by atoms with Gasteiger partial charge in [-0.3, -0.25) is 24.0 Å². The van der Waals surface area contributed by atoms with Crippen LogP contribution >= 0.6 is 0 Å². The first-order valence-corrected chi connectivity index (χ1v) is 14.7. The molecule has 2 aromatic carbocycles. The fourth-order valence-corrected chi connectivity index (χ4v) is 6.26. The molecule has 0 bridgehead atoms. The topological polar surface area (TPSA) is 140 Å². The number of carbonyl (C=O) groups is 5. The van der Waals surface area contributed by atoms with Gasteiger partial charge in [-0.05, 0) is 61.6 Å². The maximum absolute atomic E-state index is 13.8. The van der Waals surface area contributed by atoms with Gasteiger partial charge in [-0.25, -0.2) is 0 Å². The number of H-pyrrole nitrogens is 1. The van der Waals surface area contributed by atoms with Gasteiger partial charge in [-0.2, -0.15) is 0 Å². The summed E-state index contributed by atoms with van der Waals surface area (Å²) >= 11 is 0. The molecule has 3 heterocycles. The molecule has 0 radical (unpaired) electrons. The number of para-hydroxylation sites is 1. The lowest BCUT2D eigenvalue weighted by atomic mass is 9.89. The number of aromatic amines is 1. The minimum atomic E-state index is -1.35. The van der Waals surface area contributed by atoms with Gasteiger partial charge in [0.1, 0.15) is 17.8 Å². The molecule has 10 nitrogen and oxygen atoms in total. The highest BCUT2D eigenvalue weighted by Gasteiger charge is 2.45. The number of nitrogens with one attached hydrogen (secondary N) is 4. The normalized spacial score (nSPS) is 22.5. The number of amides is 4. The number of nitrogens with zero attached hydrogens (tertiary/aromatic N) is 1. The van der Waals surface area contributed by atoms with Crippen LogP contribution in [0, 0.1) is 23.7 Å². The van der Waals surface area contributed by atoms with Crippen molar-refractivity contribution >= 4 is 40.3 Å². The zero-order chi connectivity index (χ0) is 29.2. The number of hydrogen-bond donors (Lipinski definition) is 4. The molecule has 4 amide bonds. The highest BCUT2D eigenvalue weighted by Crippen LogP contribution is 2.43. The fourth-order valence-electron chi connectivity index (χ4n) is 6.26. The number of rotatable bonds is 10. The highest BCUT2D eigenvalue weighted by molar-refractivity contribution is 6.40. The third-order valence-corrected chi connectivity index (χ3v) is 8.79. The summed E-state index contributed by atoms with van der Waals surface area (Å²) < 4.78 is 0. The van der Waals surface area contributed by atoms with Crippen molar-refractivity contribution in [3.63, 3.8) is 0 Å². The van der Waals surface area contributed by atoms with E-state index in [9.17, 15) is 24.0 Å². The molecule has 6 rings (SSSR count). The molecule has 3 fully saturated rings. The van der Waals surface area contributed by atoms with Crippen LogP contribution in [0.4, 0.5) is 0 Å². The average Bonchev–Trinajstić information content (AvgIpc) is 3.42. The van der Waals surface area contributed by atoms with Crippen LogP contribution in [0.5, 0.6) is 0 Å². The first kappa shape index (κ1) is 27.7. The van der Waals surface area contributed by atoms with Crippen molar-refractivity contribution in [3.8, 4) is 0 Å². The Balaban J connectivity index is 1.20. The van der Waals surface area contributed by atoms with Crippen molar-refractivity contribution in [3.05, 3.63) is 71.9 Å². The maximum Gasteiger partial charge on any atom is 0.288 e. The molecule has 3 aliphatic rings. The smallest absolute Gasteiger partial charge is 0.288 e. The molecule has 4 atom stereocenters. The SMILES string of the molecule is O=C(NCc1ccccc1)C(=O)C(C[C@H]1CCNC1=O)C(=O)N[C@@H]1C[C@@H](C2CC2)CN1C(=O)c1cc2ccccc2[nH]1. The quantitative estimate of drug-likeness (QED) is 0.219. The van der Waals surface area contributed by atoms with E-state index in [1.807, 2.05) is 60.7 Å². The summed E-state index contributed by atoms with van der Waals surface area (Å²) in [4.78, 5) is 71.0. The van der Waals surface area contributed by atoms with Crippen LogP contribution in [0.2, 0.25) is 0 Å². The van der Waals surface area contributed by atoms with Crippen molar-refractivity contribution in [2.45, 2.75) is 44.8 Å². The van der Waals surface area contributed by atoms with Gasteiger partial charge in [0.05, 0.1) is 0 Å². The minimum Gasteiger partial charge on any atom is -0.356 e. The molecule has 42 heavy (non-hydrogen) atoms. The monoisotopic (exact) mass is 569 g/mol. The van der Waals surface area contributed by atoms with Crippen LogP contribution in [-0.2, 0) is 25.7 Å². The predicted molar refractivity (Wildman–Crippen MR) is 155 cm³/mol. The summed E-state index contributed by atoms with van der Waals surface area (Å²) in [6.45, 7) is 1.11. The van der Waals surface area contributed by atoms with Gasteiger partial charge in [-0.15, -0.1) is 0 Å². The van der Waals surface area contributed by atoms with E-state index in [4.69, 9.17) is 0 Å². The molecule has 1 aliphatic carbocycles. The molecule has 3 aromatic rings. The summed E-state index contributed by atoms with van der Waals surface area (Å²) in [6, 6.07) is 18.6. The standard InChI is InChI=1S/C32H35N5O5/c38-28(31(41)34-17-19-6-2-1-3-7-19)24(14-22-12-13-33-29(22)39)30(40)36-27-16-23(20-10-11-20)18-37(27)32(42)26-15-21-8-4-5-9-25(21)35-26/h1-9,15,20,22-24,27,35H,10-14,16-18H2,(H,33,39)(H,34,41)(H,36,40)/t22-,23-,24?,27+/m1/s1. The van der Waals surface area contributed by atoms with Crippen molar-refractivity contribution in [1.82, 2.24) is 25.8 Å². The number of Topliss-reactive ketones (excluding diaryl/α,β-unsaturated/α-hetero) is 1. The van der Waals surface area contributed by atoms with Gasteiger partial charge in [0.15, 0.2) is 0 Å². The first-order chi connectivity index (χ1) is 20.4. The Bertz CT molecular complexity index is 1480. The lowest BCUT2D eigenvalue weighted by molar-refractivity contribution is -0.145. The van der Waals surface area contributed by atoms with Crippen molar-refractivity contribution in [2.24, 2.45) is 23.7 Å². The Labute approximate surface area is 243 Å². The Morgan fingerprint density at radius 1 is 0.952 bits per heavy atom. The van der Waals surface area contributed by atoms with E-state index in [-0.39, 0.29) is 30.7 Å². The number of hydrogen-bond acceptors (Lipinski definition) is 5. The second kappa shape index (κ2) is 11.8. The zero-order valence-electron chi connectivity index (χ0n) is 23.3. The van der Waals surface area contributed by atoms with Gasteiger partial charge in [0.2, 0.25) is 17.6 Å². The summed E-state index contributed by atoms with van der Waals surface area (Å²) in [5.41, 5.74) is 2.10. The van der Waals surface area contributed by atoms with Crippen molar-refractivity contribution in [1.29, 1.82) is 0 Å². The number of fused-ring (bicyclic) bond motifs is 1. The van der Waals surface area contributed by atoms with Crippen molar-refractivity contribution < 1.29 is 24.0 Å². The zero-order valence-corrected chi connectivity index (χ0v) is 23.3. The Morgan fingerprint density at radius 3 is 2.43 bits per heavy atom. The van der Waals surface area contributed by atoms with E-state index in [0.717, 1.165) is 29.3 Å². The van der Waals surface area contributed by atoms with Crippen LogP contribution in [0.25, 0.3) is 10.9 Å². The van der Waals surface area contributed by atoms with Gasteiger partial charge < -0.3 is 25.8 Å². The van der Waals surface area contributed by atoms with Crippen LogP contribution in [-0.4, -0.2) is 58.6 Å². The fraction of sp³-hybridized carbons (Fsp3) is 0.406. The van der Waals surface area contributed by atoms with Crippen LogP contribution in [0.15, 0.2) is 60.7 Å². The van der Waals surface area contributed by atoms with E-state index in [2.05, 4.69) is 20.9 Å². The van der Waals surface area contributed by atoms with Crippen LogP contribution < -0.4 is 16.0 Å². The molecule has 1 unspecified atom stereocenters. The maximum atomic E-state index is 13.8. The van der Waals surface area contributed by atoms with E-state index >= 15 is 0 Å². The minimum absolute atomic E-state index is 0.0655. The summed E-state index contributed by atoms with van der Waals surface area (Å²) in [5, 5.41) is 9.22. The third-order valence-electron chi connectivity index (χ3n) is 8.79. The summed E-state index contributed by atoms with van der Waals surface area (Å²) in [7, 11) is 0. The van der Waals surface area contributed by atoms with E-state index in [0.29, 0.717) is 37.5 Å². The van der Waals surface area contributed by atoms with Gasteiger partial charge in [0.25, 0.3) is 11.8 Å². The number of ketones is 1.